The molecule has 0 bridgehead atoms. The topological polar surface area (TPSA) is 70.1 Å². The van der Waals surface area contributed by atoms with Crippen molar-refractivity contribution in [2.24, 2.45) is 5.10 Å². The number of thioether (sulfide) groups is 1. The van der Waals surface area contributed by atoms with Gasteiger partial charge in [0.05, 0.1) is 23.0 Å². The van der Waals surface area contributed by atoms with Gasteiger partial charge < -0.3 is 4.98 Å². The molecule has 6 heteroatoms. The summed E-state index contributed by atoms with van der Waals surface area (Å²) in [6, 6.07) is 13.7. The Morgan fingerprint density at radius 2 is 2.00 bits per heavy atom. The lowest BCUT2D eigenvalue weighted by atomic mass is 10.1. The average molecular weight is 338 g/mol. The van der Waals surface area contributed by atoms with Crippen LogP contribution in [-0.2, 0) is 4.79 Å². The van der Waals surface area contributed by atoms with Gasteiger partial charge in [-0.1, -0.05) is 42.1 Å². The molecule has 0 aliphatic rings. The summed E-state index contributed by atoms with van der Waals surface area (Å²) in [6.07, 6.45) is 1.62. The van der Waals surface area contributed by atoms with Crippen LogP contribution in [0.15, 0.2) is 52.7 Å². The Morgan fingerprint density at radius 3 is 2.79 bits per heavy atom. The molecule has 1 amide bonds. The summed E-state index contributed by atoms with van der Waals surface area (Å²) in [4.78, 5) is 19.6. The van der Waals surface area contributed by atoms with E-state index in [4.69, 9.17) is 0 Å². The van der Waals surface area contributed by atoms with Crippen molar-refractivity contribution in [3.8, 4) is 0 Å². The van der Waals surface area contributed by atoms with Crippen LogP contribution >= 0.6 is 11.8 Å². The predicted octanol–water partition coefficient (Wildman–Crippen LogP) is 3.42. The second kappa shape index (κ2) is 7.31. The third kappa shape index (κ3) is 4.02. The van der Waals surface area contributed by atoms with Crippen molar-refractivity contribution in [2.45, 2.75) is 19.0 Å². The molecule has 0 spiro atoms. The van der Waals surface area contributed by atoms with E-state index in [1.165, 1.54) is 22.9 Å². The van der Waals surface area contributed by atoms with Gasteiger partial charge in [-0.25, -0.2) is 10.4 Å². The van der Waals surface area contributed by atoms with Crippen molar-refractivity contribution in [1.29, 1.82) is 0 Å². The van der Waals surface area contributed by atoms with Gasteiger partial charge in [-0.05, 0) is 42.7 Å². The van der Waals surface area contributed by atoms with E-state index >= 15 is 0 Å². The number of H-pyrrole nitrogens is 1. The molecule has 1 heterocycles. The lowest BCUT2D eigenvalue weighted by Crippen LogP contribution is -2.19. The molecule has 0 radical (unpaired) electrons. The van der Waals surface area contributed by atoms with Crippen LogP contribution < -0.4 is 5.43 Å². The molecular weight excluding hydrogens is 320 g/mol. The van der Waals surface area contributed by atoms with Crippen LogP contribution in [0.25, 0.3) is 11.0 Å². The van der Waals surface area contributed by atoms with Crippen LogP contribution in [0.2, 0.25) is 0 Å². The highest BCUT2D eigenvalue weighted by atomic mass is 32.2. The SMILES string of the molecule is Cc1cc2nc(SCC(=O)N/N=C/c3ccccc3)[nH]c2cc1C. The number of aromatic nitrogens is 2. The summed E-state index contributed by atoms with van der Waals surface area (Å²) in [5.74, 6) is 0.0872. The Kier molecular flexibility index (Phi) is 4.96. The lowest BCUT2D eigenvalue weighted by Gasteiger charge is -1.97. The number of hydrogen-bond acceptors (Lipinski definition) is 4. The Labute approximate surface area is 144 Å². The van der Waals surface area contributed by atoms with Crippen molar-refractivity contribution in [2.75, 3.05) is 5.75 Å². The zero-order valence-electron chi connectivity index (χ0n) is 13.5. The van der Waals surface area contributed by atoms with Crippen molar-refractivity contribution >= 4 is 34.9 Å². The normalized spacial score (nSPS) is 11.2. The molecule has 2 N–H and O–H groups in total. The van der Waals surface area contributed by atoms with Gasteiger partial charge in [-0.2, -0.15) is 5.10 Å². The van der Waals surface area contributed by atoms with E-state index in [1.54, 1.807) is 6.21 Å². The molecule has 0 unspecified atom stereocenters. The number of nitrogens with one attached hydrogen (secondary N) is 2. The predicted molar refractivity (Wildman–Crippen MR) is 98.5 cm³/mol. The van der Waals surface area contributed by atoms with Gasteiger partial charge in [-0.15, -0.1) is 0 Å². The zero-order valence-corrected chi connectivity index (χ0v) is 14.4. The first-order valence-corrected chi connectivity index (χ1v) is 8.57. The highest BCUT2D eigenvalue weighted by Crippen LogP contribution is 2.22. The zero-order chi connectivity index (χ0) is 16.9. The molecule has 3 rings (SSSR count). The Bertz CT molecular complexity index is 848. The first-order valence-electron chi connectivity index (χ1n) is 7.58. The van der Waals surface area contributed by atoms with Crippen LogP contribution in [0, 0.1) is 13.8 Å². The second-order valence-electron chi connectivity index (χ2n) is 5.49. The van der Waals surface area contributed by atoms with Gasteiger partial charge in [0.25, 0.3) is 5.91 Å². The molecule has 2 aromatic carbocycles. The maximum Gasteiger partial charge on any atom is 0.250 e. The maximum absolute atomic E-state index is 11.8. The lowest BCUT2D eigenvalue weighted by molar-refractivity contribution is -0.118. The maximum atomic E-state index is 11.8. The first kappa shape index (κ1) is 16.3. The number of hydrazone groups is 1. The van der Waals surface area contributed by atoms with Crippen LogP contribution in [0.4, 0.5) is 0 Å². The molecule has 0 aliphatic heterocycles. The number of fused-ring (bicyclic) bond motifs is 1. The molecule has 0 saturated heterocycles. The summed E-state index contributed by atoms with van der Waals surface area (Å²) < 4.78 is 0. The molecule has 122 valence electrons. The molecule has 0 fully saturated rings. The molecule has 1 aromatic heterocycles. The fraction of sp³-hybridized carbons (Fsp3) is 0.167. The molecule has 0 atom stereocenters. The summed E-state index contributed by atoms with van der Waals surface area (Å²) in [5.41, 5.74) is 7.79. The summed E-state index contributed by atoms with van der Waals surface area (Å²) in [6.45, 7) is 4.13. The van der Waals surface area contributed by atoms with E-state index in [-0.39, 0.29) is 11.7 Å². The fourth-order valence-corrected chi connectivity index (χ4v) is 2.88. The molecule has 24 heavy (non-hydrogen) atoms. The molecule has 5 nitrogen and oxygen atoms in total. The smallest absolute Gasteiger partial charge is 0.250 e. The van der Waals surface area contributed by atoms with Crippen LogP contribution in [0.3, 0.4) is 0 Å². The standard InChI is InChI=1S/C18H18N4OS/c1-12-8-15-16(9-13(12)2)21-18(20-15)24-11-17(23)22-19-10-14-6-4-3-5-7-14/h3-10H,11H2,1-2H3,(H,20,21)(H,22,23)/b19-10+. The fourth-order valence-electron chi connectivity index (χ4n) is 2.20. The average Bonchev–Trinajstić information content (AvgIpc) is 2.96. The second-order valence-corrected chi connectivity index (χ2v) is 6.45. The van der Waals surface area contributed by atoms with Crippen molar-refractivity contribution in [1.82, 2.24) is 15.4 Å². The number of imidazole rings is 1. The van der Waals surface area contributed by atoms with Crippen molar-refractivity contribution in [3.63, 3.8) is 0 Å². The Hall–Kier alpha value is -2.60. The van der Waals surface area contributed by atoms with Crippen LogP contribution in [-0.4, -0.2) is 27.8 Å². The number of rotatable bonds is 5. The number of carbonyl (C=O) groups is 1. The number of amides is 1. The minimum atomic E-state index is -0.167. The van der Waals surface area contributed by atoms with Crippen molar-refractivity contribution in [3.05, 3.63) is 59.2 Å². The van der Waals surface area contributed by atoms with E-state index in [9.17, 15) is 4.79 Å². The van der Waals surface area contributed by atoms with E-state index in [0.717, 1.165) is 21.8 Å². The Balaban J connectivity index is 1.55. The largest absolute Gasteiger partial charge is 0.333 e. The Morgan fingerprint density at radius 1 is 1.25 bits per heavy atom. The summed E-state index contributed by atoms with van der Waals surface area (Å²) in [7, 11) is 0. The molecule has 0 saturated carbocycles. The number of hydrogen-bond donors (Lipinski definition) is 2. The highest BCUT2D eigenvalue weighted by Gasteiger charge is 2.07. The number of aromatic amines is 1. The highest BCUT2D eigenvalue weighted by molar-refractivity contribution is 7.99. The van der Waals surface area contributed by atoms with E-state index < -0.39 is 0 Å². The molecule has 0 aliphatic carbocycles. The van der Waals surface area contributed by atoms with Crippen molar-refractivity contribution < 1.29 is 4.79 Å². The van der Waals surface area contributed by atoms with E-state index in [1.807, 2.05) is 30.3 Å². The number of nitrogens with zero attached hydrogens (tertiary/aromatic N) is 2. The van der Waals surface area contributed by atoms with Gasteiger partial charge in [-0.3, -0.25) is 4.79 Å². The summed E-state index contributed by atoms with van der Waals surface area (Å²) >= 11 is 1.36. The number of carbonyl (C=O) groups excluding carboxylic acids is 1. The van der Waals surface area contributed by atoms with Crippen LogP contribution in [0.5, 0.6) is 0 Å². The molecule has 3 aromatic rings. The van der Waals surface area contributed by atoms with Crippen LogP contribution in [0.1, 0.15) is 16.7 Å². The van der Waals surface area contributed by atoms with Gasteiger partial charge in [0, 0.05) is 0 Å². The quantitative estimate of drug-likeness (QED) is 0.425. The monoisotopic (exact) mass is 338 g/mol. The minimum Gasteiger partial charge on any atom is -0.333 e. The third-order valence-corrected chi connectivity index (χ3v) is 4.49. The molecular formula is C18H18N4OS. The van der Waals surface area contributed by atoms with E-state index in [0.29, 0.717) is 0 Å². The minimum absolute atomic E-state index is 0.167. The summed E-state index contributed by atoms with van der Waals surface area (Å²) in [5, 5.41) is 4.68. The number of benzene rings is 2. The third-order valence-electron chi connectivity index (χ3n) is 3.62. The van der Waals surface area contributed by atoms with E-state index in [2.05, 4.69) is 46.5 Å². The first-order chi connectivity index (χ1) is 11.6. The van der Waals surface area contributed by atoms with Gasteiger partial charge in [0.2, 0.25) is 0 Å². The van der Waals surface area contributed by atoms with Gasteiger partial charge in [0.15, 0.2) is 5.16 Å². The van der Waals surface area contributed by atoms with Gasteiger partial charge in [0.1, 0.15) is 0 Å². The van der Waals surface area contributed by atoms with Gasteiger partial charge >= 0.3 is 0 Å². The number of aryl methyl sites for hydroxylation is 2.